The van der Waals surface area contributed by atoms with Crippen LogP contribution in [0, 0.1) is 0 Å². The highest BCUT2D eigenvalue weighted by Gasteiger charge is 2.06. The van der Waals surface area contributed by atoms with Crippen LogP contribution in [0.4, 0.5) is 5.69 Å². The van der Waals surface area contributed by atoms with Crippen LogP contribution >= 0.6 is 30.4 Å². The van der Waals surface area contributed by atoms with Gasteiger partial charge in [-0.25, -0.2) is 0 Å². The maximum Gasteiger partial charge on any atom is 0.211 e. The fraction of sp³-hybridized carbons (Fsp3) is 0.133. The number of fused-ring (bicyclic) bond motifs is 3. The Labute approximate surface area is 143 Å². The summed E-state index contributed by atoms with van der Waals surface area (Å²) in [5.74, 6) is 0.798. The van der Waals surface area contributed by atoms with E-state index in [1.807, 2.05) is 36.4 Å². The average Bonchev–Trinajstić information content (AvgIpc) is 2.88. The molecule has 1 heterocycles. The fourth-order valence-electron chi connectivity index (χ4n) is 2.36. The largest absolute Gasteiger partial charge is 0.491 e. The number of benzene rings is 2. The van der Waals surface area contributed by atoms with E-state index in [0.29, 0.717) is 19.6 Å². The van der Waals surface area contributed by atoms with Crippen molar-refractivity contribution in [3.63, 3.8) is 0 Å². The Morgan fingerprint density at radius 1 is 1.14 bits per heavy atom. The van der Waals surface area contributed by atoms with E-state index >= 15 is 0 Å². The molecular weight excluding hydrogens is 415 g/mol. The molecule has 3 aromatic rings. The van der Waals surface area contributed by atoms with Crippen molar-refractivity contribution in [1.82, 2.24) is 4.98 Å². The molecule has 0 radical (unpaired) electrons. The third-order valence-corrected chi connectivity index (χ3v) is 4.29. The molecule has 2 aromatic carbocycles. The number of ether oxygens (including phenoxy) is 1. The van der Waals surface area contributed by atoms with Gasteiger partial charge in [0.25, 0.3) is 0 Å². The maximum absolute atomic E-state index is 10.5. The third-order valence-electron chi connectivity index (χ3n) is 3.28. The highest BCUT2D eigenvalue weighted by Crippen LogP contribution is 2.30. The zero-order chi connectivity index (χ0) is 15.4. The van der Waals surface area contributed by atoms with Gasteiger partial charge in [-0.2, -0.15) is 0 Å². The number of aromatic amines is 1. The SMILES string of the molecule is O=CNc1ccc2c(c1)[nH]c1cc(OCCOSI)ccc12. The van der Waals surface area contributed by atoms with Gasteiger partial charge in [0.15, 0.2) is 0 Å². The van der Waals surface area contributed by atoms with Crippen LogP contribution in [0.5, 0.6) is 5.75 Å². The van der Waals surface area contributed by atoms with Crippen LogP contribution in [-0.4, -0.2) is 24.6 Å². The molecule has 0 atom stereocenters. The standard InChI is InChI=1S/C15H13IN2O3S/c16-22-21-6-5-20-11-2-4-13-12-3-1-10(17-9-19)7-14(12)18-15(13)8-11/h1-4,7-9,18H,5-6H2,(H,17,19). The maximum atomic E-state index is 10.5. The molecule has 0 spiro atoms. The van der Waals surface area contributed by atoms with Crippen molar-refractivity contribution in [1.29, 1.82) is 0 Å². The molecule has 0 bridgehead atoms. The second kappa shape index (κ2) is 7.21. The molecule has 0 saturated heterocycles. The average molecular weight is 428 g/mol. The van der Waals surface area contributed by atoms with Gasteiger partial charge in [0.1, 0.15) is 12.4 Å². The normalized spacial score (nSPS) is 11.0. The Hall–Kier alpha value is -1.45. The fourth-order valence-corrected chi connectivity index (χ4v) is 3.03. The predicted octanol–water partition coefficient (Wildman–Crippen LogP) is 4.28. The number of aromatic nitrogens is 1. The topological polar surface area (TPSA) is 63.4 Å². The first-order valence-electron chi connectivity index (χ1n) is 6.60. The first kappa shape index (κ1) is 15.4. The van der Waals surface area contributed by atoms with Gasteiger partial charge < -0.3 is 19.2 Å². The van der Waals surface area contributed by atoms with Crippen LogP contribution in [0.2, 0.25) is 0 Å². The third kappa shape index (κ3) is 3.31. The Balaban J connectivity index is 1.88. The highest BCUT2D eigenvalue weighted by molar-refractivity contribution is 14.2. The van der Waals surface area contributed by atoms with Gasteiger partial charge in [0.2, 0.25) is 6.41 Å². The molecule has 1 amide bonds. The number of hydrogen-bond donors (Lipinski definition) is 2. The summed E-state index contributed by atoms with van der Waals surface area (Å²) in [6.45, 7) is 1.05. The van der Waals surface area contributed by atoms with Crippen LogP contribution in [0.15, 0.2) is 36.4 Å². The number of hydrogen-bond acceptors (Lipinski definition) is 4. The highest BCUT2D eigenvalue weighted by atomic mass is 127. The molecular formula is C15H13IN2O3S. The van der Waals surface area contributed by atoms with Crippen molar-refractivity contribution in [2.75, 3.05) is 18.5 Å². The van der Waals surface area contributed by atoms with Crippen molar-refractivity contribution < 1.29 is 13.7 Å². The number of rotatable bonds is 7. The summed E-state index contributed by atoms with van der Waals surface area (Å²) >= 11 is 2.08. The lowest BCUT2D eigenvalue weighted by atomic mass is 10.1. The quantitative estimate of drug-likeness (QED) is 0.255. The van der Waals surface area contributed by atoms with E-state index in [1.54, 1.807) is 0 Å². The summed E-state index contributed by atoms with van der Waals surface area (Å²) < 4.78 is 10.8. The molecule has 2 N–H and O–H groups in total. The van der Waals surface area contributed by atoms with Crippen LogP contribution in [-0.2, 0) is 8.98 Å². The second-order valence-corrected chi connectivity index (χ2v) is 6.03. The van der Waals surface area contributed by atoms with Gasteiger partial charge in [-0.15, -0.1) is 0 Å². The zero-order valence-corrected chi connectivity index (χ0v) is 14.4. The van der Waals surface area contributed by atoms with E-state index in [-0.39, 0.29) is 0 Å². The second-order valence-electron chi connectivity index (χ2n) is 4.59. The minimum absolute atomic E-state index is 0.509. The van der Waals surface area contributed by atoms with Gasteiger partial charge in [0.05, 0.1) is 21.3 Å². The zero-order valence-electron chi connectivity index (χ0n) is 11.5. The molecule has 0 unspecified atom stereocenters. The number of carbonyl (C=O) groups is 1. The van der Waals surface area contributed by atoms with Gasteiger partial charge in [-0.3, -0.25) is 4.79 Å². The Morgan fingerprint density at radius 2 is 1.91 bits per heavy atom. The minimum atomic E-state index is 0.509. The molecule has 114 valence electrons. The van der Waals surface area contributed by atoms with Crippen molar-refractivity contribution in [3.05, 3.63) is 36.4 Å². The van der Waals surface area contributed by atoms with Crippen LogP contribution < -0.4 is 10.1 Å². The minimum Gasteiger partial charge on any atom is -0.491 e. The van der Waals surface area contributed by atoms with Crippen molar-refractivity contribution >= 4 is 64.3 Å². The van der Waals surface area contributed by atoms with E-state index < -0.39 is 0 Å². The van der Waals surface area contributed by atoms with Crippen molar-refractivity contribution in [2.45, 2.75) is 0 Å². The molecule has 0 fully saturated rings. The number of H-pyrrole nitrogens is 1. The molecule has 7 heteroatoms. The van der Waals surface area contributed by atoms with E-state index in [2.05, 4.69) is 31.5 Å². The molecule has 0 aliphatic carbocycles. The molecule has 22 heavy (non-hydrogen) atoms. The molecule has 0 aliphatic heterocycles. The lowest BCUT2D eigenvalue weighted by Gasteiger charge is -2.05. The summed E-state index contributed by atoms with van der Waals surface area (Å²) in [7, 11) is 1.30. The Kier molecular flexibility index (Phi) is 5.06. The molecule has 5 nitrogen and oxygen atoms in total. The predicted molar refractivity (Wildman–Crippen MR) is 98.5 cm³/mol. The molecule has 0 saturated carbocycles. The first-order valence-corrected chi connectivity index (χ1v) is 9.89. The monoisotopic (exact) mass is 428 g/mol. The summed E-state index contributed by atoms with van der Waals surface area (Å²) in [5.41, 5.74) is 2.74. The van der Waals surface area contributed by atoms with Crippen LogP contribution in [0.1, 0.15) is 0 Å². The van der Waals surface area contributed by atoms with Gasteiger partial charge >= 0.3 is 0 Å². The lowest BCUT2D eigenvalue weighted by Crippen LogP contribution is -2.02. The van der Waals surface area contributed by atoms with Gasteiger partial charge in [-0.05, 0) is 24.3 Å². The smallest absolute Gasteiger partial charge is 0.211 e. The molecule has 0 aliphatic rings. The Bertz CT molecular complexity index is 806. The van der Waals surface area contributed by atoms with E-state index in [0.717, 1.165) is 33.2 Å². The number of anilines is 1. The first-order chi connectivity index (χ1) is 10.8. The summed E-state index contributed by atoms with van der Waals surface area (Å²) in [4.78, 5) is 13.9. The Morgan fingerprint density at radius 3 is 2.68 bits per heavy atom. The summed E-state index contributed by atoms with van der Waals surface area (Å²) in [6.07, 6.45) is 0.673. The lowest BCUT2D eigenvalue weighted by molar-refractivity contribution is -0.105. The molecule has 3 rings (SSSR count). The number of nitrogens with one attached hydrogen (secondary N) is 2. The van der Waals surface area contributed by atoms with E-state index in [1.165, 1.54) is 9.21 Å². The number of halogens is 1. The van der Waals surface area contributed by atoms with Crippen molar-refractivity contribution in [2.24, 2.45) is 0 Å². The van der Waals surface area contributed by atoms with Gasteiger partial charge in [-0.1, -0.05) is 6.07 Å². The van der Waals surface area contributed by atoms with Gasteiger partial charge in [0, 0.05) is 49.2 Å². The summed E-state index contributed by atoms with van der Waals surface area (Å²) in [6, 6.07) is 11.7. The van der Waals surface area contributed by atoms with E-state index in [9.17, 15) is 4.79 Å². The number of carbonyl (C=O) groups excluding carboxylic acids is 1. The van der Waals surface area contributed by atoms with Crippen molar-refractivity contribution in [3.8, 4) is 5.75 Å². The molecule has 1 aromatic heterocycles. The van der Waals surface area contributed by atoms with Crippen LogP contribution in [0.3, 0.4) is 0 Å². The number of amides is 1. The van der Waals surface area contributed by atoms with Crippen LogP contribution in [0.25, 0.3) is 21.8 Å². The van der Waals surface area contributed by atoms with E-state index in [4.69, 9.17) is 8.92 Å². The summed E-state index contributed by atoms with van der Waals surface area (Å²) in [5, 5.41) is 4.89.